The molecule has 2 nitrogen and oxygen atoms in total. The Morgan fingerprint density at radius 1 is 1.70 bits per heavy atom. The van der Waals surface area contributed by atoms with Gasteiger partial charge in [0, 0.05) is 12.6 Å². The fourth-order valence-corrected chi connectivity index (χ4v) is 1.53. The molecule has 0 aromatic carbocycles. The largest absolute Gasteiger partial charge is 0.392 e. The number of nitrogens with zero attached hydrogens (tertiary/aromatic N) is 1. The summed E-state index contributed by atoms with van der Waals surface area (Å²) in [5.41, 5.74) is 0. The maximum absolute atomic E-state index is 12.6. The van der Waals surface area contributed by atoms with Gasteiger partial charge in [-0.05, 0) is 20.4 Å². The van der Waals surface area contributed by atoms with Gasteiger partial charge in [-0.3, -0.25) is 4.90 Å². The summed E-state index contributed by atoms with van der Waals surface area (Å²) in [5.74, 6) is 0. The second-order valence-electron chi connectivity index (χ2n) is 3.08. The molecule has 1 aliphatic rings. The predicted octanol–water partition coefficient (Wildman–Crippen LogP) is 0.409. The highest BCUT2D eigenvalue weighted by atomic mass is 19.1. The zero-order valence-corrected chi connectivity index (χ0v) is 6.42. The third kappa shape index (κ3) is 1.47. The van der Waals surface area contributed by atoms with Crippen molar-refractivity contribution in [1.82, 2.24) is 4.90 Å². The highest BCUT2D eigenvalue weighted by Crippen LogP contribution is 2.20. The lowest BCUT2D eigenvalue weighted by Crippen LogP contribution is -2.34. The number of rotatable bonds is 1. The van der Waals surface area contributed by atoms with E-state index in [0.29, 0.717) is 13.0 Å². The Labute approximate surface area is 60.6 Å². The molecule has 60 valence electrons. The van der Waals surface area contributed by atoms with Gasteiger partial charge in [-0.15, -0.1) is 0 Å². The molecule has 0 aromatic heterocycles. The molecule has 0 aliphatic carbocycles. The zero-order valence-electron chi connectivity index (χ0n) is 6.42. The van der Waals surface area contributed by atoms with E-state index < -0.39 is 12.3 Å². The third-order valence-corrected chi connectivity index (χ3v) is 2.11. The summed E-state index contributed by atoms with van der Waals surface area (Å²) >= 11 is 0. The summed E-state index contributed by atoms with van der Waals surface area (Å²) in [4.78, 5) is 1.87. The van der Waals surface area contributed by atoms with Crippen LogP contribution in [0.15, 0.2) is 0 Å². The minimum atomic E-state index is -0.746. The average Bonchev–Trinajstić information content (AvgIpc) is 2.10. The van der Waals surface area contributed by atoms with Crippen LogP contribution in [0.3, 0.4) is 0 Å². The average molecular weight is 147 g/mol. The van der Waals surface area contributed by atoms with Crippen molar-refractivity contribution in [2.45, 2.75) is 31.7 Å². The molecule has 0 aromatic rings. The summed E-state index contributed by atoms with van der Waals surface area (Å²) in [6, 6.07) is 0.0231. The van der Waals surface area contributed by atoms with Gasteiger partial charge < -0.3 is 5.11 Å². The molecule has 1 N–H and O–H groups in total. The molecule has 1 aliphatic heterocycles. The van der Waals surface area contributed by atoms with Crippen LogP contribution in [0.2, 0.25) is 0 Å². The molecule has 0 saturated carbocycles. The maximum atomic E-state index is 12.6. The summed E-state index contributed by atoms with van der Waals surface area (Å²) in [6.45, 7) is 2.18. The van der Waals surface area contributed by atoms with Crippen LogP contribution >= 0.6 is 0 Å². The zero-order chi connectivity index (χ0) is 7.72. The summed E-state index contributed by atoms with van der Waals surface area (Å²) in [6.07, 6.45) is -0.677. The number of aliphatic hydroxyl groups is 1. The molecule has 3 atom stereocenters. The third-order valence-electron chi connectivity index (χ3n) is 2.11. The molecule has 0 radical (unpaired) electrons. The molecule has 1 saturated heterocycles. The van der Waals surface area contributed by atoms with Gasteiger partial charge in [-0.1, -0.05) is 0 Å². The van der Waals surface area contributed by atoms with Crippen LogP contribution in [0.5, 0.6) is 0 Å². The first-order valence-electron chi connectivity index (χ1n) is 3.63. The molecule has 0 unspecified atom stereocenters. The summed E-state index contributed by atoms with van der Waals surface area (Å²) in [7, 11) is 1.84. The molecule has 3 heteroatoms. The highest BCUT2D eigenvalue weighted by molar-refractivity contribution is 4.86. The number of alkyl halides is 1. The number of likely N-dealkylation sites (N-methyl/N-ethyl adjacent to an activating group) is 1. The van der Waals surface area contributed by atoms with Crippen molar-refractivity contribution in [3.05, 3.63) is 0 Å². The van der Waals surface area contributed by atoms with Gasteiger partial charge in [0.2, 0.25) is 0 Å². The number of hydrogen-bond acceptors (Lipinski definition) is 2. The SMILES string of the molecule is C[C@H](O)[C@@H]1C[C@H](F)CN1C. The highest BCUT2D eigenvalue weighted by Gasteiger charge is 2.31. The lowest BCUT2D eigenvalue weighted by Gasteiger charge is -2.20. The van der Waals surface area contributed by atoms with Crippen molar-refractivity contribution in [3.63, 3.8) is 0 Å². The monoisotopic (exact) mass is 147 g/mol. The van der Waals surface area contributed by atoms with Crippen molar-refractivity contribution < 1.29 is 9.50 Å². The Morgan fingerprint density at radius 2 is 2.30 bits per heavy atom. The van der Waals surface area contributed by atoms with Crippen LogP contribution in [0.1, 0.15) is 13.3 Å². The quantitative estimate of drug-likeness (QED) is 0.580. The Morgan fingerprint density at radius 3 is 2.50 bits per heavy atom. The first kappa shape index (κ1) is 7.95. The molecule has 0 amide bonds. The normalized spacial score (nSPS) is 38.4. The van der Waals surface area contributed by atoms with E-state index in [1.807, 2.05) is 11.9 Å². The van der Waals surface area contributed by atoms with E-state index in [4.69, 9.17) is 5.11 Å². The smallest absolute Gasteiger partial charge is 0.114 e. The number of halogens is 1. The van der Waals surface area contributed by atoms with Gasteiger partial charge in [-0.25, -0.2) is 4.39 Å². The fourth-order valence-electron chi connectivity index (χ4n) is 1.53. The van der Waals surface area contributed by atoms with E-state index in [1.165, 1.54) is 0 Å². The second-order valence-corrected chi connectivity index (χ2v) is 3.08. The van der Waals surface area contributed by atoms with E-state index in [-0.39, 0.29) is 6.04 Å². The maximum Gasteiger partial charge on any atom is 0.114 e. The minimum absolute atomic E-state index is 0.0231. The van der Waals surface area contributed by atoms with Crippen LogP contribution < -0.4 is 0 Å². The van der Waals surface area contributed by atoms with Gasteiger partial charge in [0.1, 0.15) is 6.17 Å². The molecule has 1 heterocycles. The number of likely N-dealkylation sites (tertiary alicyclic amines) is 1. The van der Waals surface area contributed by atoms with Gasteiger partial charge >= 0.3 is 0 Å². The Kier molecular flexibility index (Phi) is 2.26. The van der Waals surface area contributed by atoms with Crippen molar-refractivity contribution in [2.75, 3.05) is 13.6 Å². The van der Waals surface area contributed by atoms with Crippen molar-refractivity contribution >= 4 is 0 Å². The first-order chi connectivity index (χ1) is 4.61. The first-order valence-corrected chi connectivity index (χ1v) is 3.63. The topological polar surface area (TPSA) is 23.5 Å². The Bertz CT molecular complexity index is 118. The summed E-state index contributed by atoms with van der Waals surface area (Å²) < 4.78 is 12.6. The molecule has 1 fully saturated rings. The van der Waals surface area contributed by atoms with E-state index in [9.17, 15) is 4.39 Å². The van der Waals surface area contributed by atoms with E-state index in [0.717, 1.165) is 0 Å². The molecule has 0 bridgehead atoms. The van der Waals surface area contributed by atoms with Crippen LogP contribution in [0.4, 0.5) is 4.39 Å². The summed E-state index contributed by atoms with van der Waals surface area (Å²) in [5, 5.41) is 9.13. The van der Waals surface area contributed by atoms with Crippen molar-refractivity contribution in [2.24, 2.45) is 0 Å². The van der Waals surface area contributed by atoms with Crippen LogP contribution in [-0.4, -0.2) is 41.9 Å². The van der Waals surface area contributed by atoms with Crippen LogP contribution in [0, 0.1) is 0 Å². The molecule has 0 spiro atoms. The van der Waals surface area contributed by atoms with Gasteiger partial charge in [0.15, 0.2) is 0 Å². The van der Waals surface area contributed by atoms with E-state index >= 15 is 0 Å². The minimum Gasteiger partial charge on any atom is -0.392 e. The predicted molar refractivity (Wildman–Crippen MR) is 37.6 cm³/mol. The van der Waals surface area contributed by atoms with Crippen LogP contribution in [-0.2, 0) is 0 Å². The number of hydrogen-bond donors (Lipinski definition) is 1. The number of aliphatic hydroxyl groups excluding tert-OH is 1. The van der Waals surface area contributed by atoms with Gasteiger partial charge in [-0.2, -0.15) is 0 Å². The Balaban J connectivity index is 2.46. The van der Waals surface area contributed by atoms with Crippen LogP contribution in [0.25, 0.3) is 0 Å². The fraction of sp³-hybridized carbons (Fsp3) is 1.00. The van der Waals surface area contributed by atoms with Crippen molar-refractivity contribution in [1.29, 1.82) is 0 Å². The lowest BCUT2D eigenvalue weighted by molar-refractivity contribution is 0.101. The van der Waals surface area contributed by atoms with Crippen molar-refractivity contribution in [3.8, 4) is 0 Å². The molecular weight excluding hydrogens is 133 g/mol. The second kappa shape index (κ2) is 2.84. The lowest BCUT2D eigenvalue weighted by atomic mass is 10.1. The van der Waals surface area contributed by atoms with Gasteiger partial charge in [0.05, 0.1) is 6.10 Å². The van der Waals surface area contributed by atoms with E-state index in [2.05, 4.69) is 0 Å². The molecule has 1 rings (SSSR count). The Hall–Kier alpha value is -0.150. The molecule has 10 heavy (non-hydrogen) atoms. The van der Waals surface area contributed by atoms with Gasteiger partial charge in [0.25, 0.3) is 0 Å². The standard InChI is InChI=1S/C7H14FNO/c1-5(10)7-3-6(8)4-9(7)2/h5-7,10H,3-4H2,1-2H3/t5-,6-,7-/m0/s1. The molecular formula is C7H14FNO. The van der Waals surface area contributed by atoms with E-state index in [1.54, 1.807) is 6.92 Å².